The van der Waals surface area contributed by atoms with E-state index in [0.717, 1.165) is 12.5 Å². The number of benzene rings is 1. The van der Waals surface area contributed by atoms with Crippen LogP contribution in [0.15, 0.2) is 18.2 Å². The average Bonchev–Trinajstić information content (AvgIpc) is 2.38. The van der Waals surface area contributed by atoms with Gasteiger partial charge in [0.1, 0.15) is 11.6 Å². The number of phenolic OH excluding ortho intramolecular Hbond substituents is 1. The monoisotopic (exact) mass is 281 g/mol. The van der Waals surface area contributed by atoms with Crippen LogP contribution in [-0.4, -0.2) is 28.1 Å². The fourth-order valence-corrected chi connectivity index (χ4v) is 2.50. The number of aromatic hydroxyl groups is 1. The Kier molecular flexibility index (Phi) is 4.22. The van der Waals surface area contributed by atoms with Gasteiger partial charge >= 0.3 is 5.97 Å². The zero-order valence-electron chi connectivity index (χ0n) is 10.8. The van der Waals surface area contributed by atoms with Crippen molar-refractivity contribution in [1.29, 1.82) is 0 Å². The van der Waals surface area contributed by atoms with Gasteiger partial charge in [0.2, 0.25) is 0 Å². The molecule has 2 unspecified atom stereocenters. The van der Waals surface area contributed by atoms with Gasteiger partial charge in [-0.1, -0.05) is 6.42 Å². The van der Waals surface area contributed by atoms with E-state index in [0.29, 0.717) is 19.3 Å². The molecule has 0 saturated heterocycles. The van der Waals surface area contributed by atoms with Crippen LogP contribution in [0.2, 0.25) is 0 Å². The van der Waals surface area contributed by atoms with Crippen molar-refractivity contribution in [1.82, 2.24) is 5.32 Å². The van der Waals surface area contributed by atoms with E-state index in [2.05, 4.69) is 5.32 Å². The summed E-state index contributed by atoms with van der Waals surface area (Å²) in [6.07, 6.45) is 2.38. The number of nitrogens with one attached hydrogen (secondary N) is 1. The van der Waals surface area contributed by atoms with Crippen LogP contribution >= 0.6 is 0 Å². The van der Waals surface area contributed by atoms with Gasteiger partial charge in [-0.3, -0.25) is 9.59 Å². The molecule has 1 aromatic rings. The molecule has 2 rings (SSSR count). The van der Waals surface area contributed by atoms with Gasteiger partial charge in [-0.25, -0.2) is 4.39 Å². The summed E-state index contributed by atoms with van der Waals surface area (Å²) in [6.45, 7) is 0. The number of rotatable bonds is 3. The van der Waals surface area contributed by atoms with Gasteiger partial charge in [0.05, 0.1) is 11.5 Å². The number of amides is 1. The molecule has 20 heavy (non-hydrogen) atoms. The highest BCUT2D eigenvalue weighted by Crippen LogP contribution is 2.25. The van der Waals surface area contributed by atoms with Crippen molar-refractivity contribution >= 4 is 11.9 Å². The fraction of sp³-hybridized carbons (Fsp3) is 0.429. The third-order valence-corrected chi connectivity index (χ3v) is 3.56. The van der Waals surface area contributed by atoms with Crippen molar-refractivity contribution in [3.05, 3.63) is 29.6 Å². The van der Waals surface area contributed by atoms with Crippen LogP contribution in [-0.2, 0) is 4.79 Å². The minimum Gasteiger partial charge on any atom is -0.508 e. The van der Waals surface area contributed by atoms with E-state index in [1.54, 1.807) is 0 Å². The first-order valence-electron chi connectivity index (χ1n) is 6.49. The molecule has 3 N–H and O–H groups in total. The Morgan fingerprint density at radius 3 is 2.70 bits per heavy atom. The minimum atomic E-state index is -0.861. The third-order valence-electron chi connectivity index (χ3n) is 3.56. The molecule has 0 heterocycles. The lowest BCUT2D eigenvalue weighted by Crippen LogP contribution is -2.40. The molecule has 0 aliphatic heterocycles. The molecule has 1 aliphatic rings. The van der Waals surface area contributed by atoms with Gasteiger partial charge in [-0.2, -0.15) is 0 Å². The molecule has 5 nitrogen and oxygen atoms in total. The van der Waals surface area contributed by atoms with Crippen LogP contribution in [0.25, 0.3) is 0 Å². The molecule has 0 radical (unpaired) electrons. The second-order valence-corrected chi connectivity index (χ2v) is 5.04. The highest BCUT2D eigenvalue weighted by Gasteiger charge is 2.28. The molecule has 2 atom stereocenters. The highest BCUT2D eigenvalue weighted by molar-refractivity contribution is 5.94. The van der Waals surface area contributed by atoms with E-state index in [4.69, 9.17) is 10.2 Å². The van der Waals surface area contributed by atoms with Crippen LogP contribution in [0.3, 0.4) is 0 Å². The van der Waals surface area contributed by atoms with E-state index in [1.165, 1.54) is 12.1 Å². The fourth-order valence-electron chi connectivity index (χ4n) is 2.50. The number of carboxylic acids is 1. The average molecular weight is 281 g/mol. The topological polar surface area (TPSA) is 86.6 Å². The standard InChI is InChI=1S/C14H16FNO4/c15-12-7-10(17)4-5-11(12)13(18)16-9-3-1-2-8(6-9)14(19)20/h4-5,7-9,17H,1-3,6H2,(H,16,18)(H,19,20). The summed E-state index contributed by atoms with van der Waals surface area (Å²) in [5.41, 5.74) is -0.153. The third kappa shape index (κ3) is 3.26. The molecule has 1 aliphatic carbocycles. The van der Waals surface area contributed by atoms with Crippen molar-refractivity contribution in [2.45, 2.75) is 31.7 Å². The second kappa shape index (κ2) is 5.90. The largest absolute Gasteiger partial charge is 0.508 e. The zero-order chi connectivity index (χ0) is 14.7. The molecular weight excluding hydrogens is 265 g/mol. The molecule has 1 amide bonds. The van der Waals surface area contributed by atoms with Gasteiger partial charge < -0.3 is 15.5 Å². The van der Waals surface area contributed by atoms with Gasteiger partial charge in [0.25, 0.3) is 5.91 Å². The number of halogens is 1. The summed E-state index contributed by atoms with van der Waals surface area (Å²) in [5.74, 6) is -2.95. The summed E-state index contributed by atoms with van der Waals surface area (Å²) < 4.78 is 13.5. The van der Waals surface area contributed by atoms with Crippen LogP contribution in [0.1, 0.15) is 36.0 Å². The molecule has 1 fully saturated rings. The lowest BCUT2D eigenvalue weighted by atomic mass is 9.85. The Hall–Kier alpha value is -2.11. The van der Waals surface area contributed by atoms with Crippen molar-refractivity contribution in [3.8, 4) is 5.75 Å². The van der Waals surface area contributed by atoms with Crippen molar-refractivity contribution < 1.29 is 24.2 Å². The number of aliphatic carboxylic acids is 1. The maximum atomic E-state index is 13.5. The Morgan fingerprint density at radius 2 is 2.05 bits per heavy atom. The highest BCUT2D eigenvalue weighted by atomic mass is 19.1. The summed E-state index contributed by atoms with van der Waals surface area (Å²) in [6, 6.07) is 3.05. The maximum Gasteiger partial charge on any atom is 0.306 e. The first-order valence-corrected chi connectivity index (χ1v) is 6.49. The number of hydrogen-bond donors (Lipinski definition) is 3. The normalized spacial score (nSPS) is 22.2. The summed E-state index contributed by atoms with van der Waals surface area (Å²) in [4.78, 5) is 22.9. The van der Waals surface area contributed by atoms with Gasteiger partial charge in [0.15, 0.2) is 0 Å². The van der Waals surface area contributed by atoms with Crippen LogP contribution in [0.4, 0.5) is 4.39 Å². The molecule has 0 spiro atoms. The van der Waals surface area contributed by atoms with Crippen molar-refractivity contribution in [3.63, 3.8) is 0 Å². The SMILES string of the molecule is O=C(NC1CCCC(C(=O)O)C1)c1ccc(O)cc1F. The van der Waals surface area contributed by atoms with Crippen LogP contribution < -0.4 is 5.32 Å². The summed E-state index contributed by atoms with van der Waals surface area (Å²) >= 11 is 0. The second-order valence-electron chi connectivity index (χ2n) is 5.04. The molecule has 1 saturated carbocycles. The molecule has 0 aromatic heterocycles. The van der Waals surface area contributed by atoms with Gasteiger partial charge in [0, 0.05) is 12.1 Å². The first kappa shape index (κ1) is 14.3. The summed E-state index contributed by atoms with van der Waals surface area (Å²) in [5, 5.41) is 20.7. The maximum absolute atomic E-state index is 13.5. The molecular formula is C14H16FNO4. The predicted molar refractivity (Wildman–Crippen MR) is 68.9 cm³/mol. The Morgan fingerprint density at radius 1 is 1.30 bits per heavy atom. The Bertz CT molecular complexity index is 532. The lowest BCUT2D eigenvalue weighted by Gasteiger charge is -2.27. The predicted octanol–water partition coefficient (Wildman–Crippen LogP) is 1.90. The van der Waals surface area contributed by atoms with Crippen molar-refractivity contribution in [2.75, 3.05) is 0 Å². The van der Waals surface area contributed by atoms with E-state index < -0.39 is 23.6 Å². The number of carbonyl (C=O) groups is 2. The van der Waals surface area contributed by atoms with E-state index in [-0.39, 0.29) is 17.4 Å². The number of hydrogen-bond acceptors (Lipinski definition) is 3. The molecule has 6 heteroatoms. The number of carboxylic acid groups (broad SMARTS) is 1. The van der Waals surface area contributed by atoms with E-state index in [1.807, 2.05) is 0 Å². The zero-order valence-corrected chi connectivity index (χ0v) is 10.8. The molecule has 108 valence electrons. The molecule has 1 aromatic carbocycles. The minimum absolute atomic E-state index is 0.153. The molecule has 0 bridgehead atoms. The number of carbonyl (C=O) groups excluding carboxylic acids is 1. The Labute approximate surface area is 115 Å². The van der Waals surface area contributed by atoms with E-state index >= 15 is 0 Å². The van der Waals surface area contributed by atoms with E-state index in [9.17, 15) is 14.0 Å². The van der Waals surface area contributed by atoms with Gasteiger partial charge in [-0.15, -0.1) is 0 Å². The smallest absolute Gasteiger partial charge is 0.306 e. The number of phenols is 1. The van der Waals surface area contributed by atoms with Gasteiger partial charge in [-0.05, 0) is 31.4 Å². The van der Waals surface area contributed by atoms with Crippen LogP contribution in [0.5, 0.6) is 5.75 Å². The summed E-state index contributed by atoms with van der Waals surface area (Å²) in [7, 11) is 0. The lowest BCUT2D eigenvalue weighted by molar-refractivity contribution is -0.143. The van der Waals surface area contributed by atoms with Crippen LogP contribution in [0, 0.1) is 11.7 Å². The Balaban J connectivity index is 2.02. The van der Waals surface area contributed by atoms with Crippen molar-refractivity contribution in [2.24, 2.45) is 5.92 Å². The first-order chi connectivity index (χ1) is 9.47. The quantitative estimate of drug-likeness (QED) is 0.789.